The number of aromatic nitrogens is 1. The number of nitrogens with zero attached hydrogens (tertiary/aromatic N) is 1. The van der Waals surface area contributed by atoms with E-state index in [4.69, 9.17) is 4.65 Å². The summed E-state index contributed by atoms with van der Waals surface area (Å²) in [4.78, 5) is 4.22. The Hall–Kier alpha value is -1.28. The van der Waals surface area contributed by atoms with Crippen LogP contribution in [0.3, 0.4) is 0 Å². The molecule has 0 aliphatic rings. The van der Waals surface area contributed by atoms with Crippen molar-refractivity contribution in [1.29, 1.82) is 0 Å². The van der Waals surface area contributed by atoms with Crippen molar-refractivity contribution in [1.82, 2.24) is 4.98 Å². The monoisotopic (exact) mass is 323 g/mol. The van der Waals surface area contributed by atoms with Gasteiger partial charge >= 0.3 is 7.12 Å². The molecule has 0 aliphatic heterocycles. The van der Waals surface area contributed by atoms with Gasteiger partial charge < -0.3 is 14.8 Å². The Morgan fingerprint density at radius 2 is 1.77 bits per heavy atom. The number of hydrogen-bond acceptors (Lipinski definition) is 5. The van der Waals surface area contributed by atoms with E-state index in [1.54, 1.807) is 45.3 Å². The molecule has 2 N–H and O–H groups in total. The molecule has 0 saturated carbocycles. The molecule has 0 spiro atoms. The van der Waals surface area contributed by atoms with Crippen LogP contribution in [0.2, 0.25) is 0 Å². The van der Waals surface area contributed by atoms with E-state index in [1.807, 2.05) is 0 Å². The Labute approximate surface area is 133 Å². The third-order valence-electron chi connectivity index (χ3n) is 3.82. The molecule has 0 saturated heterocycles. The van der Waals surface area contributed by atoms with Gasteiger partial charge in [0.1, 0.15) is 5.82 Å². The lowest BCUT2D eigenvalue weighted by molar-refractivity contribution is -0.0981. The Morgan fingerprint density at radius 1 is 1.18 bits per heavy atom. The van der Waals surface area contributed by atoms with E-state index < -0.39 is 18.3 Å². The van der Waals surface area contributed by atoms with Crippen molar-refractivity contribution in [2.45, 2.75) is 38.9 Å². The molecule has 2 rings (SSSR count). The summed E-state index contributed by atoms with van der Waals surface area (Å²) in [7, 11) is -1.23. The highest BCUT2D eigenvalue weighted by molar-refractivity contribution is 7.21. The number of rotatable bonds is 5. The fourth-order valence-corrected chi connectivity index (χ4v) is 2.45. The molecule has 1 aromatic carbocycles. The van der Waals surface area contributed by atoms with Crippen molar-refractivity contribution in [3.63, 3.8) is 0 Å². The van der Waals surface area contributed by atoms with Crippen LogP contribution in [0.5, 0.6) is 0 Å². The van der Waals surface area contributed by atoms with Crippen molar-refractivity contribution in [2.24, 2.45) is 0 Å². The molecule has 4 nitrogen and oxygen atoms in total. The summed E-state index contributed by atoms with van der Waals surface area (Å²) in [6.07, 6.45) is 0. The second-order valence-electron chi connectivity index (χ2n) is 6.11. The van der Waals surface area contributed by atoms with Gasteiger partial charge in [0.25, 0.3) is 0 Å². The zero-order valence-electron chi connectivity index (χ0n) is 13.0. The lowest BCUT2D eigenvalue weighted by atomic mass is 9.80. The van der Waals surface area contributed by atoms with Gasteiger partial charge in [0.2, 0.25) is 0 Å². The normalized spacial score (nSPS) is 12.5. The van der Waals surface area contributed by atoms with E-state index >= 15 is 0 Å². The van der Waals surface area contributed by atoms with E-state index in [0.717, 1.165) is 0 Å². The zero-order valence-corrected chi connectivity index (χ0v) is 13.8. The van der Waals surface area contributed by atoms with E-state index in [1.165, 1.54) is 23.5 Å². The molecule has 2 aromatic rings. The minimum Gasteiger partial charge on any atom is -0.422 e. The smallest absolute Gasteiger partial charge is 0.422 e. The van der Waals surface area contributed by atoms with Crippen LogP contribution in [-0.2, 0) is 4.65 Å². The van der Waals surface area contributed by atoms with Crippen LogP contribution >= 0.6 is 11.3 Å². The molecule has 7 heteroatoms. The van der Waals surface area contributed by atoms with Crippen LogP contribution in [0, 0.1) is 5.82 Å². The van der Waals surface area contributed by atoms with Crippen LogP contribution in [0.1, 0.15) is 27.7 Å². The summed E-state index contributed by atoms with van der Waals surface area (Å²) >= 11 is 1.25. The van der Waals surface area contributed by atoms with Crippen LogP contribution in [-0.4, -0.2) is 33.4 Å². The fourth-order valence-electron chi connectivity index (χ4n) is 1.73. The predicted octanol–water partition coefficient (Wildman–Crippen LogP) is 2.20. The number of halogens is 1. The van der Waals surface area contributed by atoms with E-state index in [2.05, 4.69) is 4.98 Å². The number of aliphatic hydroxyl groups is 1. The molecule has 0 radical (unpaired) electrons. The number of thiazole rings is 1. The highest BCUT2D eigenvalue weighted by Gasteiger charge is 2.40. The van der Waals surface area contributed by atoms with Gasteiger partial charge in [-0.1, -0.05) is 0 Å². The van der Waals surface area contributed by atoms with Crippen molar-refractivity contribution < 1.29 is 19.2 Å². The Bertz CT molecular complexity index is 637. The minimum absolute atomic E-state index is 0.333. The highest BCUT2D eigenvalue weighted by atomic mass is 32.1. The molecule has 0 fully saturated rings. The quantitative estimate of drug-likeness (QED) is 0.828. The van der Waals surface area contributed by atoms with E-state index in [9.17, 15) is 14.5 Å². The molecule has 0 amide bonds. The fraction of sp³-hybridized carbons (Fsp3) is 0.400. The maximum absolute atomic E-state index is 13.0. The average molecular weight is 323 g/mol. The minimum atomic E-state index is -1.23. The first-order valence-corrected chi connectivity index (χ1v) is 7.77. The largest absolute Gasteiger partial charge is 0.504 e. The second kappa shape index (κ2) is 6.08. The van der Waals surface area contributed by atoms with Crippen molar-refractivity contribution in [3.05, 3.63) is 35.6 Å². The molecule has 118 valence electrons. The standard InChI is InChI=1S/C15H19BFNO3S/c1-14(2,19)15(3,4)21-16(20)13-12(18-9-22-13)10-5-7-11(17)8-6-10/h5-9,19-20H,1-4H3. The maximum Gasteiger partial charge on any atom is 0.504 e. The number of hydrogen-bond donors (Lipinski definition) is 2. The van der Waals surface area contributed by atoms with E-state index in [-0.39, 0.29) is 5.82 Å². The molecule has 22 heavy (non-hydrogen) atoms. The van der Waals surface area contributed by atoms with Crippen LogP contribution < -0.4 is 4.78 Å². The summed E-state index contributed by atoms with van der Waals surface area (Å²) in [5, 5.41) is 20.5. The van der Waals surface area contributed by atoms with Gasteiger partial charge in [0.15, 0.2) is 0 Å². The molecule has 0 bridgehead atoms. The Kier molecular flexibility index (Phi) is 4.72. The van der Waals surface area contributed by atoms with Crippen LogP contribution in [0.15, 0.2) is 29.8 Å². The number of benzene rings is 1. The summed E-state index contributed by atoms with van der Waals surface area (Å²) in [6.45, 7) is 6.64. The van der Waals surface area contributed by atoms with Crippen molar-refractivity contribution in [2.75, 3.05) is 0 Å². The first-order chi connectivity index (χ1) is 10.1. The van der Waals surface area contributed by atoms with Gasteiger partial charge in [-0.05, 0) is 52.0 Å². The van der Waals surface area contributed by atoms with E-state index in [0.29, 0.717) is 16.0 Å². The van der Waals surface area contributed by atoms with Crippen LogP contribution in [0.25, 0.3) is 11.3 Å². The Morgan fingerprint density at radius 3 is 2.32 bits per heavy atom. The van der Waals surface area contributed by atoms with Gasteiger partial charge in [0, 0.05) is 5.56 Å². The van der Waals surface area contributed by atoms with Crippen LogP contribution in [0.4, 0.5) is 4.39 Å². The third-order valence-corrected chi connectivity index (χ3v) is 4.68. The van der Waals surface area contributed by atoms with Crippen molar-refractivity contribution in [3.8, 4) is 11.3 Å². The van der Waals surface area contributed by atoms with Gasteiger partial charge in [-0.2, -0.15) is 0 Å². The molecule has 0 atom stereocenters. The SMILES string of the molecule is CC(C)(O)C(C)(C)OB(O)c1scnc1-c1ccc(F)cc1. The lowest BCUT2D eigenvalue weighted by Gasteiger charge is -2.38. The Balaban J connectivity index is 2.27. The molecule has 0 unspecified atom stereocenters. The average Bonchev–Trinajstić information content (AvgIpc) is 2.87. The molecule has 0 aliphatic carbocycles. The van der Waals surface area contributed by atoms with Gasteiger partial charge in [-0.15, -0.1) is 11.3 Å². The summed E-state index contributed by atoms with van der Waals surface area (Å²) in [5.41, 5.74) is 0.744. The summed E-state index contributed by atoms with van der Waals surface area (Å²) in [6, 6.07) is 5.88. The molecule has 1 aromatic heterocycles. The predicted molar refractivity (Wildman–Crippen MR) is 86.6 cm³/mol. The van der Waals surface area contributed by atoms with Gasteiger partial charge in [-0.3, -0.25) is 0 Å². The van der Waals surface area contributed by atoms with Gasteiger partial charge in [-0.25, -0.2) is 9.37 Å². The maximum atomic E-state index is 13.0. The molecular formula is C15H19BFNO3S. The lowest BCUT2D eigenvalue weighted by Crippen LogP contribution is -2.53. The molecular weight excluding hydrogens is 304 g/mol. The van der Waals surface area contributed by atoms with Gasteiger partial charge in [0.05, 0.1) is 27.2 Å². The van der Waals surface area contributed by atoms with Crippen molar-refractivity contribution >= 4 is 23.2 Å². The third kappa shape index (κ3) is 3.55. The zero-order chi connectivity index (χ0) is 16.5. The topological polar surface area (TPSA) is 62.6 Å². The second-order valence-corrected chi connectivity index (χ2v) is 7.00. The summed E-state index contributed by atoms with van der Waals surface area (Å²) in [5.74, 6) is -0.333. The first-order valence-electron chi connectivity index (χ1n) is 6.89. The summed E-state index contributed by atoms with van der Waals surface area (Å²) < 4.78 is 19.2. The molecule has 1 heterocycles. The first kappa shape index (κ1) is 17.1. The highest BCUT2D eigenvalue weighted by Crippen LogP contribution is 2.26.